The van der Waals surface area contributed by atoms with Gasteiger partial charge < -0.3 is 4.57 Å². The first kappa shape index (κ1) is 16.7. The summed E-state index contributed by atoms with van der Waals surface area (Å²) < 4.78 is 13.9. The van der Waals surface area contributed by atoms with Gasteiger partial charge in [-0.2, -0.15) is 0 Å². The van der Waals surface area contributed by atoms with Gasteiger partial charge >= 0.3 is 0 Å². The Hall–Kier alpha value is -2.11. The lowest BCUT2D eigenvalue weighted by Crippen LogP contribution is -2.20. The molecule has 0 spiro atoms. The fourth-order valence-corrected chi connectivity index (χ4v) is 6.21. The van der Waals surface area contributed by atoms with Crippen LogP contribution in [0.1, 0.15) is 18.9 Å². The van der Waals surface area contributed by atoms with Gasteiger partial charge in [-0.05, 0) is 30.0 Å². The van der Waals surface area contributed by atoms with Crippen molar-refractivity contribution in [1.29, 1.82) is 0 Å². The Morgan fingerprint density at radius 2 is 1.33 bits per heavy atom. The largest absolute Gasteiger partial charge is 0.314 e. The fraction of sp³-hybridized carbons (Fsp3) is 0.182. The van der Waals surface area contributed by atoms with Crippen molar-refractivity contribution in [3.8, 4) is 11.1 Å². The van der Waals surface area contributed by atoms with Gasteiger partial charge in [0.1, 0.15) is 7.14 Å². The van der Waals surface area contributed by atoms with E-state index in [0.717, 1.165) is 28.2 Å². The minimum Gasteiger partial charge on any atom is -0.314 e. The molecule has 0 aliphatic rings. The van der Waals surface area contributed by atoms with Crippen LogP contribution in [0.4, 0.5) is 0 Å². The number of hydrogen-bond acceptors (Lipinski definition) is 1. The highest BCUT2D eigenvalue weighted by atomic mass is 31.2. The van der Waals surface area contributed by atoms with Gasteiger partial charge in [-0.3, -0.25) is 0 Å². The topological polar surface area (TPSA) is 17.1 Å². The Morgan fingerprint density at radius 1 is 0.750 bits per heavy atom. The quantitative estimate of drug-likeness (QED) is 0.572. The zero-order valence-electron chi connectivity index (χ0n) is 14.3. The first-order chi connectivity index (χ1) is 11.6. The van der Waals surface area contributed by atoms with E-state index < -0.39 is 7.14 Å². The molecule has 3 aromatic rings. The summed E-state index contributed by atoms with van der Waals surface area (Å²) >= 11 is 0. The van der Waals surface area contributed by atoms with E-state index >= 15 is 0 Å². The molecule has 1 nitrogen and oxygen atoms in total. The Balaban J connectivity index is 2.04. The molecule has 0 amide bonds. The molecular weight excluding hydrogens is 311 g/mol. The number of aryl methyl sites for hydroxylation is 1. The van der Waals surface area contributed by atoms with Crippen LogP contribution in [-0.2, 0) is 4.57 Å². The third-order valence-electron chi connectivity index (χ3n) is 4.43. The zero-order chi connectivity index (χ0) is 17.0. The lowest BCUT2D eigenvalue weighted by molar-refractivity contribution is 0.586. The van der Waals surface area contributed by atoms with Crippen LogP contribution in [0.5, 0.6) is 0 Å². The van der Waals surface area contributed by atoms with Crippen molar-refractivity contribution in [2.24, 2.45) is 0 Å². The van der Waals surface area contributed by atoms with Crippen LogP contribution < -0.4 is 10.6 Å². The van der Waals surface area contributed by atoms with Crippen molar-refractivity contribution in [3.63, 3.8) is 0 Å². The van der Waals surface area contributed by atoms with E-state index in [2.05, 4.69) is 44.2 Å². The molecule has 0 aromatic heterocycles. The van der Waals surface area contributed by atoms with E-state index in [1.54, 1.807) is 0 Å². The van der Waals surface area contributed by atoms with Gasteiger partial charge in [0.25, 0.3) is 0 Å². The van der Waals surface area contributed by atoms with Crippen molar-refractivity contribution < 1.29 is 4.57 Å². The second-order valence-electron chi connectivity index (χ2n) is 6.16. The molecule has 0 saturated carbocycles. The second-order valence-corrected chi connectivity index (χ2v) is 9.09. The molecule has 0 unspecified atom stereocenters. The number of benzene rings is 3. The van der Waals surface area contributed by atoms with Crippen molar-refractivity contribution in [2.45, 2.75) is 20.3 Å². The predicted octanol–water partition coefficient (Wildman–Crippen LogP) is 5.39. The summed E-state index contributed by atoms with van der Waals surface area (Å²) in [6.07, 6.45) is 1.62. The SMILES string of the molecule is CCC[P@](=O)(c1ccc(-c2ccccc2)cc1)c1ccccc1C. The van der Waals surface area contributed by atoms with E-state index in [4.69, 9.17) is 0 Å². The normalized spacial score (nSPS) is 13.4. The molecule has 0 aliphatic heterocycles. The molecule has 1 atom stereocenters. The monoisotopic (exact) mass is 334 g/mol. The van der Waals surface area contributed by atoms with Gasteiger partial charge in [0, 0.05) is 16.8 Å². The molecule has 0 saturated heterocycles. The van der Waals surface area contributed by atoms with E-state index in [9.17, 15) is 4.57 Å². The van der Waals surface area contributed by atoms with Crippen LogP contribution in [0.2, 0.25) is 0 Å². The van der Waals surface area contributed by atoms with Crippen LogP contribution in [-0.4, -0.2) is 6.16 Å². The minimum absolute atomic E-state index is 0.711. The molecule has 0 heterocycles. The van der Waals surface area contributed by atoms with E-state index in [1.807, 2.05) is 48.5 Å². The van der Waals surface area contributed by atoms with E-state index in [1.165, 1.54) is 5.56 Å². The molecule has 0 bridgehead atoms. The average molecular weight is 334 g/mol. The summed E-state index contributed by atoms with van der Waals surface area (Å²) in [5.74, 6) is 0. The van der Waals surface area contributed by atoms with Crippen molar-refractivity contribution in [1.82, 2.24) is 0 Å². The molecule has 0 N–H and O–H groups in total. The molecule has 3 rings (SSSR count). The first-order valence-electron chi connectivity index (χ1n) is 8.46. The maximum atomic E-state index is 13.9. The van der Waals surface area contributed by atoms with Crippen LogP contribution >= 0.6 is 7.14 Å². The van der Waals surface area contributed by atoms with Crippen molar-refractivity contribution >= 4 is 17.8 Å². The Morgan fingerprint density at radius 3 is 1.96 bits per heavy atom. The highest BCUT2D eigenvalue weighted by Gasteiger charge is 2.27. The highest BCUT2D eigenvalue weighted by molar-refractivity contribution is 7.78. The molecule has 0 radical (unpaired) electrons. The number of hydrogen-bond donors (Lipinski definition) is 0. The molecule has 0 aliphatic carbocycles. The maximum absolute atomic E-state index is 13.9. The number of rotatable bonds is 5. The zero-order valence-corrected chi connectivity index (χ0v) is 15.2. The third-order valence-corrected chi connectivity index (χ3v) is 7.92. The molecule has 3 aromatic carbocycles. The third kappa shape index (κ3) is 3.23. The molecular formula is C22H23OP. The van der Waals surface area contributed by atoms with Crippen molar-refractivity contribution in [2.75, 3.05) is 6.16 Å². The average Bonchev–Trinajstić information content (AvgIpc) is 2.63. The smallest absolute Gasteiger partial charge is 0.143 e. The molecule has 0 fully saturated rings. The molecule has 2 heteroatoms. The van der Waals surface area contributed by atoms with Crippen LogP contribution in [0.15, 0.2) is 78.9 Å². The Bertz CT molecular complexity index is 851. The van der Waals surface area contributed by atoms with Crippen molar-refractivity contribution in [3.05, 3.63) is 84.4 Å². The summed E-state index contributed by atoms with van der Waals surface area (Å²) in [6.45, 7) is 4.15. The summed E-state index contributed by atoms with van der Waals surface area (Å²) in [4.78, 5) is 0. The van der Waals surface area contributed by atoms with Crippen LogP contribution in [0.3, 0.4) is 0 Å². The van der Waals surface area contributed by atoms with Gasteiger partial charge in [-0.25, -0.2) is 0 Å². The lowest BCUT2D eigenvalue weighted by Gasteiger charge is -2.21. The second kappa shape index (κ2) is 7.20. The van der Waals surface area contributed by atoms with Crippen LogP contribution in [0.25, 0.3) is 11.1 Å². The Kier molecular flexibility index (Phi) is 5.02. The fourth-order valence-electron chi connectivity index (χ4n) is 3.20. The molecule has 24 heavy (non-hydrogen) atoms. The maximum Gasteiger partial charge on any atom is 0.143 e. The van der Waals surface area contributed by atoms with Gasteiger partial charge in [0.2, 0.25) is 0 Å². The minimum atomic E-state index is -2.57. The lowest BCUT2D eigenvalue weighted by atomic mass is 10.1. The predicted molar refractivity (Wildman–Crippen MR) is 105 cm³/mol. The summed E-state index contributed by atoms with van der Waals surface area (Å²) in [5.41, 5.74) is 3.46. The first-order valence-corrected chi connectivity index (χ1v) is 10.4. The summed E-state index contributed by atoms with van der Waals surface area (Å²) in [5, 5.41) is 1.96. The van der Waals surface area contributed by atoms with Gasteiger partial charge in [0.05, 0.1) is 0 Å². The van der Waals surface area contributed by atoms with Gasteiger partial charge in [-0.1, -0.05) is 85.8 Å². The summed E-state index contributed by atoms with van der Waals surface area (Å²) in [7, 11) is -2.57. The molecule has 122 valence electrons. The highest BCUT2D eigenvalue weighted by Crippen LogP contribution is 2.45. The standard InChI is InChI=1S/C22H23OP/c1-3-17-24(23,22-12-8-7-9-18(22)2)21-15-13-20(14-16-21)19-10-5-4-6-11-19/h4-16H,3,17H2,1-2H3/t24-/m0/s1. The van der Waals surface area contributed by atoms with Gasteiger partial charge in [0.15, 0.2) is 0 Å². The van der Waals surface area contributed by atoms with Gasteiger partial charge in [-0.15, -0.1) is 0 Å². The van der Waals surface area contributed by atoms with E-state index in [-0.39, 0.29) is 0 Å². The van der Waals surface area contributed by atoms with Crippen LogP contribution in [0, 0.1) is 6.92 Å². The van der Waals surface area contributed by atoms with E-state index in [0.29, 0.717) is 6.16 Å². The Labute approximate surface area is 144 Å². The summed E-state index contributed by atoms with van der Waals surface area (Å²) in [6, 6.07) is 26.6.